The van der Waals surface area contributed by atoms with Crippen LogP contribution in [-0.4, -0.2) is 5.75 Å². The first-order valence-corrected chi connectivity index (χ1v) is 8.74. The van der Waals surface area contributed by atoms with Crippen molar-refractivity contribution in [3.8, 4) is 0 Å². The van der Waals surface area contributed by atoms with Crippen LogP contribution in [0.2, 0.25) is 0 Å². The molecule has 3 N–H and O–H groups in total. The average molecular weight is 326 g/mol. The summed E-state index contributed by atoms with van der Waals surface area (Å²) in [6.45, 7) is 0. The van der Waals surface area contributed by atoms with Gasteiger partial charge in [-0.25, -0.2) is 8.78 Å². The summed E-state index contributed by atoms with van der Waals surface area (Å²) in [5, 5.41) is 0. The number of hydrazine groups is 1. The van der Waals surface area contributed by atoms with Crippen LogP contribution in [0.4, 0.5) is 8.78 Å². The molecule has 2 heterocycles. The number of nitrogens with two attached hydrogens (primary N) is 1. The molecule has 1 aromatic heterocycles. The molecular formula is C15H16F2N2S2. The van der Waals surface area contributed by atoms with Gasteiger partial charge in [-0.3, -0.25) is 11.3 Å². The molecular weight excluding hydrogens is 310 g/mol. The highest BCUT2D eigenvalue weighted by Gasteiger charge is 2.20. The molecule has 2 nitrogen and oxygen atoms in total. The second-order valence-electron chi connectivity index (χ2n) is 5.06. The number of fused-ring (bicyclic) bond motifs is 1. The average Bonchev–Trinajstić information content (AvgIpc) is 2.90. The van der Waals surface area contributed by atoms with E-state index >= 15 is 0 Å². The van der Waals surface area contributed by atoms with Crippen molar-refractivity contribution >= 4 is 23.1 Å². The fourth-order valence-corrected chi connectivity index (χ4v) is 4.93. The Morgan fingerprint density at radius 2 is 2.14 bits per heavy atom. The Balaban J connectivity index is 1.83. The van der Waals surface area contributed by atoms with Crippen molar-refractivity contribution in [1.29, 1.82) is 0 Å². The number of nitrogens with one attached hydrogen (secondary N) is 1. The van der Waals surface area contributed by atoms with E-state index in [2.05, 4.69) is 11.5 Å². The third-order valence-electron chi connectivity index (χ3n) is 3.63. The number of thioether (sulfide) groups is 1. The Morgan fingerprint density at radius 1 is 1.29 bits per heavy atom. The number of halogens is 2. The van der Waals surface area contributed by atoms with Crippen LogP contribution in [0.1, 0.15) is 26.9 Å². The number of aryl methyl sites for hydroxylation is 1. The van der Waals surface area contributed by atoms with Gasteiger partial charge in [-0.15, -0.1) is 11.3 Å². The Labute approximate surface area is 130 Å². The molecule has 112 valence electrons. The summed E-state index contributed by atoms with van der Waals surface area (Å²) < 4.78 is 26.7. The van der Waals surface area contributed by atoms with Gasteiger partial charge in [0.25, 0.3) is 0 Å². The Kier molecular flexibility index (Phi) is 4.59. The smallest absolute Gasteiger partial charge is 0.129 e. The monoisotopic (exact) mass is 326 g/mol. The molecule has 1 aliphatic heterocycles. The van der Waals surface area contributed by atoms with E-state index in [9.17, 15) is 8.78 Å². The largest absolute Gasteiger partial charge is 0.271 e. The van der Waals surface area contributed by atoms with E-state index < -0.39 is 11.6 Å². The van der Waals surface area contributed by atoms with Crippen molar-refractivity contribution in [2.24, 2.45) is 5.84 Å². The first-order valence-electron chi connectivity index (χ1n) is 6.76. The molecule has 0 bridgehead atoms. The third-order valence-corrected chi connectivity index (χ3v) is 5.99. The predicted molar refractivity (Wildman–Crippen MR) is 84.3 cm³/mol. The maximum atomic E-state index is 13.8. The van der Waals surface area contributed by atoms with E-state index in [1.807, 2.05) is 11.8 Å². The van der Waals surface area contributed by atoms with E-state index in [0.717, 1.165) is 28.9 Å². The fraction of sp³-hybridized carbons (Fsp3) is 0.333. The number of thiophene rings is 1. The van der Waals surface area contributed by atoms with Crippen LogP contribution in [0.5, 0.6) is 0 Å². The van der Waals surface area contributed by atoms with Crippen LogP contribution in [0.15, 0.2) is 24.3 Å². The highest BCUT2D eigenvalue weighted by Crippen LogP contribution is 2.35. The van der Waals surface area contributed by atoms with Crippen molar-refractivity contribution in [3.05, 3.63) is 56.8 Å². The van der Waals surface area contributed by atoms with Gasteiger partial charge in [0.05, 0.1) is 6.04 Å². The van der Waals surface area contributed by atoms with E-state index in [1.165, 1.54) is 22.6 Å². The molecule has 0 aliphatic carbocycles. The third kappa shape index (κ3) is 3.29. The molecule has 0 fully saturated rings. The molecule has 1 atom stereocenters. The number of rotatable bonds is 4. The minimum atomic E-state index is -0.558. The van der Waals surface area contributed by atoms with Crippen LogP contribution < -0.4 is 11.3 Å². The van der Waals surface area contributed by atoms with Crippen molar-refractivity contribution in [3.63, 3.8) is 0 Å². The van der Waals surface area contributed by atoms with Gasteiger partial charge in [-0.2, -0.15) is 11.8 Å². The van der Waals surface area contributed by atoms with Crippen molar-refractivity contribution in [2.45, 2.75) is 24.6 Å². The normalized spacial score (nSPS) is 15.8. The first kappa shape index (κ1) is 15.0. The number of hydrogen-bond acceptors (Lipinski definition) is 4. The van der Waals surface area contributed by atoms with Crippen LogP contribution >= 0.6 is 23.1 Å². The van der Waals surface area contributed by atoms with Crippen LogP contribution in [-0.2, 0) is 18.6 Å². The lowest BCUT2D eigenvalue weighted by molar-refractivity contribution is 0.527. The topological polar surface area (TPSA) is 38.0 Å². The molecule has 21 heavy (non-hydrogen) atoms. The van der Waals surface area contributed by atoms with Gasteiger partial charge in [0, 0.05) is 21.6 Å². The lowest BCUT2D eigenvalue weighted by Crippen LogP contribution is -2.29. The molecule has 1 unspecified atom stereocenters. The Hall–Kier alpha value is -0.950. The highest BCUT2D eigenvalue weighted by atomic mass is 32.2. The summed E-state index contributed by atoms with van der Waals surface area (Å²) in [6, 6.07) is 5.70. The zero-order valence-corrected chi connectivity index (χ0v) is 13.0. The zero-order valence-electron chi connectivity index (χ0n) is 11.4. The number of hydrogen-bond donors (Lipinski definition) is 2. The number of benzene rings is 1. The molecule has 0 amide bonds. The van der Waals surface area contributed by atoms with Gasteiger partial charge in [-0.1, -0.05) is 6.07 Å². The molecule has 1 aliphatic rings. The summed E-state index contributed by atoms with van der Waals surface area (Å²) in [5.74, 6) is 6.75. The van der Waals surface area contributed by atoms with E-state index in [1.54, 1.807) is 11.3 Å². The van der Waals surface area contributed by atoms with Crippen molar-refractivity contribution in [2.75, 3.05) is 5.75 Å². The van der Waals surface area contributed by atoms with Gasteiger partial charge < -0.3 is 0 Å². The molecule has 0 spiro atoms. The summed E-state index contributed by atoms with van der Waals surface area (Å²) in [4.78, 5) is 2.53. The van der Waals surface area contributed by atoms with Crippen LogP contribution in [0.3, 0.4) is 0 Å². The molecule has 1 aromatic carbocycles. The van der Waals surface area contributed by atoms with Gasteiger partial charge in [0.15, 0.2) is 0 Å². The van der Waals surface area contributed by atoms with Gasteiger partial charge in [0.1, 0.15) is 11.6 Å². The molecule has 6 heteroatoms. The second kappa shape index (κ2) is 6.44. The van der Waals surface area contributed by atoms with E-state index in [0.29, 0.717) is 12.0 Å². The van der Waals surface area contributed by atoms with Crippen molar-refractivity contribution < 1.29 is 8.78 Å². The fourth-order valence-electron chi connectivity index (χ4n) is 2.49. The van der Waals surface area contributed by atoms with Crippen LogP contribution in [0.25, 0.3) is 0 Å². The summed E-state index contributed by atoms with van der Waals surface area (Å²) in [7, 11) is 0. The predicted octanol–water partition coefficient (Wildman–Crippen LogP) is 3.56. The van der Waals surface area contributed by atoms with E-state index in [4.69, 9.17) is 5.84 Å². The van der Waals surface area contributed by atoms with Gasteiger partial charge >= 0.3 is 0 Å². The second-order valence-corrected chi connectivity index (χ2v) is 7.33. The lowest BCUT2D eigenvalue weighted by atomic mass is 10.0. The quantitative estimate of drug-likeness (QED) is 0.666. The zero-order chi connectivity index (χ0) is 14.8. The maximum absolute atomic E-state index is 13.8. The van der Waals surface area contributed by atoms with Crippen LogP contribution in [0, 0.1) is 11.6 Å². The molecule has 0 radical (unpaired) electrons. The first-order chi connectivity index (χ1) is 10.2. The van der Waals surface area contributed by atoms with Crippen molar-refractivity contribution in [1.82, 2.24) is 5.43 Å². The Morgan fingerprint density at radius 3 is 2.86 bits per heavy atom. The molecule has 0 saturated carbocycles. The van der Waals surface area contributed by atoms with Gasteiger partial charge in [0.2, 0.25) is 0 Å². The lowest BCUT2D eigenvalue weighted by Gasteiger charge is -2.14. The molecule has 0 saturated heterocycles. The van der Waals surface area contributed by atoms with E-state index in [-0.39, 0.29) is 6.04 Å². The summed E-state index contributed by atoms with van der Waals surface area (Å²) in [5.41, 5.74) is 4.60. The summed E-state index contributed by atoms with van der Waals surface area (Å²) in [6.07, 6.45) is 1.50. The highest BCUT2D eigenvalue weighted by molar-refractivity contribution is 7.98. The maximum Gasteiger partial charge on any atom is 0.129 e. The Bertz CT molecular complexity index is 619. The summed E-state index contributed by atoms with van der Waals surface area (Å²) >= 11 is 3.68. The minimum Gasteiger partial charge on any atom is -0.271 e. The minimum absolute atomic E-state index is 0.148. The standard InChI is InChI=1S/C15H16F2N2S2/c16-11-2-1-9(12(17)7-11)5-13(19-18)15-6-10-8-20-4-3-14(10)21-15/h1-2,6-7,13,19H,3-5,8,18H2. The SMILES string of the molecule is NNC(Cc1ccc(F)cc1F)c1cc2c(s1)CCSC2. The molecule has 2 aromatic rings. The molecule has 3 rings (SSSR count). The van der Waals surface area contributed by atoms with Gasteiger partial charge in [-0.05, 0) is 41.9 Å².